The molecule has 0 atom stereocenters. The second-order valence-corrected chi connectivity index (χ2v) is 6.30. The lowest BCUT2D eigenvalue weighted by atomic mass is 10.2. The lowest BCUT2D eigenvalue weighted by molar-refractivity contribution is 0.422. The number of hydrogen-bond donors (Lipinski definition) is 0. The molecule has 0 aliphatic heterocycles. The Labute approximate surface area is 139 Å². The number of rotatable bonds is 2. The first kappa shape index (κ1) is 13.1. The van der Waals surface area contributed by atoms with Gasteiger partial charge in [0.05, 0.1) is 5.52 Å². The average Bonchev–Trinajstić information content (AvgIpc) is 3.04. The highest BCUT2D eigenvalue weighted by Gasteiger charge is 2.30. The molecule has 1 fully saturated rings. The van der Waals surface area contributed by atoms with Gasteiger partial charge in [-0.05, 0) is 31.0 Å². The van der Waals surface area contributed by atoms with E-state index in [9.17, 15) is 4.39 Å². The van der Waals surface area contributed by atoms with Crippen molar-refractivity contribution >= 4 is 22.2 Å². The van der Waals surface area contributed by atoms with Gasteiger partial charge in [0, 0.05) is 23.7 Å². The first-order chi connectivity index (χ1) is 12.3. The molecule has 4 aromatic heterocycles. The molecule has 0 unspecified atom stereocenters. The highest BCUT2D eigenvalue weighted by molar-refractivity contribution is 5.95. The summed E-state index contributed by atoms with van der Waals surface area (Å²) in [6.45, 7) is 0. The smallest absolute Gasteiger partial charge is 0.280 e. The SMILES string of the molecule is Fc1ccc2c(c1)c1nccn1c1c(-c3nc(C4CC4)no3)ncn21. The van der Waals surface area contributed by atoms with Crippen LogP contribution in [0.15, 0.2) is 41.4 Å². The van der Waals surface area contributed by atoms with Gasteiger partial charge in [-0.25, -0.2) is 14.4 Å². The van der Waals surface area contributed by atoms with Crippen LogP contribution in [0.1, 0.15) is 24.6 Å². The fourth-order valence-electron chi connectivity index (χ4n) is 3.31. The molecule has 0 radical (unpaired) electrons. The zero-order valence-electron chi connectivity index (χ0n) is 12.9. The molecule has 0 bridgehead atoms. The molecule has 0 saturated heterocycles. The number of imidazole rings is 2. The second-order valence-electron chi connectivity index (χ2n) is 6.30. The standard InChI is InChI=1S/C17H11FN6O/c18-10-3-4-12-11(7-10)15-19-5-6-23(15)17-13(20-8-24(12)17)16-21-14(22-25-16)9-1-2-9/h3-9H,1-2H2. The summed E-state index contributed by atoms with van der Waals surface area (Å²) in [4.78, 5) is 13.4. The van der Waals surface area contributed by atoms with Crippen molar-refractivity contribution in [3.05, 3.63) is 48.6 Å². The van der Waals surface area contributed by atoms with Crippen LogP contribution < -0.4 is 0 Å². The summed E-state index contributed by atoms with van der Waals surface area (Å²) in [5.41, 5.74) is 2.83. The zero-order chi connectivity index (χ0) is 16.5. The Hall–Kier alpha value is -3.29. The van der Waals surface area contributed by atoms with E-state index >= 15 is 0 Å². The molecule has 7 nitrogen and oxygen atoms in total. The van der Waals surface area contributed by atoms with Crippen LogP contribution >= 0.6 is 0 Å². The lowest BCUT2D eigenvalue weighted by Gasteiger charge is -2.06. The average molecular weight is 334 g/mol. The molecule has 4 heterocycles. The minimum Gasteiger partial charge on any atom is -0.332 e. The molecule has 0 amide bonds. The normalized spacial score (nSPS) is 14.9. The zero-order valence-corrected chi connectivity index (χ0v) is 12.9. The first-order valence-corrected chi connectivity index (χ1v) is 8.05. The van der Waals surface area contributed by atoms with Crippen LogP contribution in [0.3, 0.4) is 0 Å². The third-order valence-electron chi connectivity index (χ3n) is 4.66. The molecule has 25 heavy (non-hydrogen) atoms. The predicted octanol–water partition coefficient (Wildman–Crippen LogP) is 3.20. The monoisotopic (exact) mass is 334 g/mol. The first-order valence-electron chi connectivity index (χ1n) is 8.05. The molecular weight excluding hydrogens is 323 g/mol. The van der Waals surface area contributed by atoms with Crippen LogP contribution in [0.2, 0.25) is 0 Å². The van der Waals surface area contributed by atoms with Gasteiger partial charge in [-0.15, -0.1) is 0 Å². The minimum absolute atomic E-state index is 0.303. The van der Waals surface area contributed by atoms with Crippen LogP contribution in [0.5, 0.6) is 0 Å². The van der Waals surface area contributed by atoms with E-state index in [-0.39, 0.29) is 5.82 Å². The van der Waals surface area contributed by atoms with E-state index in [1.807, 2.05) is 15.0 Å². The number of hydrogen-bond acceptors (Lipinski definition) is 5. The van der Waals surface area contributed by atoms with Crippen LogP contribution in [-0.2, 0) is 0 Å². The summed E-state index contributed by atoms with van der Waals surface area (Å²) in [7, 11) is 0. The van der Waals surface area contributed by atoms with E-state index in [1.54, 1.807) is 18.6 Å². The highest BCUT2D eigenvalue weighted by Crippen LogP contribution is 2.39. The van der Waals surface area contributed by atoms with E-state index in [4.69, 9.17) is 4.52 Å². The summed E-state index contributed by atoms with van der Waals surface area (Å²) in [6, 6.07) is 4.63. The number of benzene rings is 1. The Kier molecular flexibility index (Phi) is 2.30. The molecule has 1 aromatic carbocycles. The molecule has 122 valence electrons. The maximum absolute atomic E-state index is 13.7. The maximum Gasteiger partial charge on any atom is 0.280 e. The van der Waals surface area contributed by atoms with Gasteiger partial charge in [-0.2, -0.15) is 4.98 Å². The third kappa shape index (κ3) is 1.73. The van der Waals surface area contributed by atoms with Crippen molar-refractivity contribution in [3.8, 4) is 11.6 Å². The van der Waals surface area contributed by atoms with Gasteiger partial charge in [-0.3, -0.25) is 8.80 Å². The predicted molar refractivity (Wildman–Crippen MR) is 86.7 cm³/mol. The number of aromatic nitrogens is 6. The van der Waals surface area contributed by atoms with Gasteiger partial charge in [0.15, 0.2) is 17.2 Å². The second kappa shape index (κ2) is 4.41. The van der Waals surface area contributed by atoms with Crippen molar-refractivity contribution < 1.29 is 8.91 Å². The summed E-state index contributed by atoms with van der Waals surface area (Å²) < 4.78 is 22.9. The van der Waals surface area contributed by atoms with Crippen molar-refractivity contribution in [1.29, 1.82) is 0 Å². The molecule has 1 saturated carbocycles. The Morgan fingerprint density at radius 2 is 2.08 bits per heavy atom. The molecule has 0 spiro atoms. The molecule has 1 aliphatic rings. The topological polar surface area (TPSA) is 73.5 Å². The highest BCUT2D eigenvalue weighted by atomic mass is 19.1. The number of fused-ring (bicyclic) bond motifs is 6. The summed E-state index contributed by atoms with van der Waals surface area (Å²) in [5.74, 6) is 1.23. The maximum atomic E-state index is 13.7. The van der Waals surface area contributed by atoms with Gasteiger partial charge < -0.3 is 4.52 Å². The van der Waals surface area contributed by atoms with Crippen molar-refractivity contribution in [2.75, 3.05) is 0 Å². The number of halogens is 1. The summed E-state index contributed by atoms with van der Waals surface area (Å²) in [5, 5.41) is 4.79. The quantitative estimate of drug-likeness (QED) is 0.496. The Morgan fingerprint density at radius 3 is 2.96 bits per heavy atom. The van der Waals surface area contributed by atoms with E-state index in [0.29, 0.717) is 28.5 Å². The van der Waals surface area contributed by atoms with Gasteiger partial charge in [0.1, 0.15) is 17.8 Å². The minimum atomic E-state index is -0.303. The van der Waals surface area contributed by atoms with Crippen molar-refractivity contribution in [1.82, 2.24) is 28.9 Å². The van der Waals surface area contributed by atoms with Crippen LogP contribution in [-0.4, -0.2) is 28.9 Å². The van der Waals surface area contributed by atoms with E-state index in [2.05, 4.69) is 20.1 Å². The molecule has 5 aromatic rings. The van der Waals surface area contributed by atoms with Crippen LogP contribution in [0, 0.1) is 5.82 Å². The van der Waals surface area contributed by atoms with E-state index < -0.39 is 0 Å². The molecule has 8 heteroatoms. The Bertz CT molecular complexity index is 1280. The van der Waals surface area contributed by atoms with Crippen LogP contribution in [0.25, 0.3) is 33.8 Å². The fraction of sp³-hybridized carbons (Fsp3) is 0.176. The molecule has 6 rings (SSSR count). The van der Waals surface area contributed by atoms with Gasteiger partial charge in [-0.1, -0.05) is 5.16 Å². The summed E-state index contributed by atoms with van der Waals surface area (Å²) in [6.07, 6.45) is 7.39. The summed E-state index contributed by atoms with van der Waals surface area (Å²) >= 11 is 0. The lowest BCUT2D eigenvalue weighted by Crippen LogP contribution is -1.97. The van der Waals surface area contributed by atoms with Gasteiger partial charge >= 0.3 is 0 Å². The van der Waals surface area contributed by atoms with Crippen LogP contribution in [0.4, 0.5) is 4.39 Å². The Morgan fingerprint density at radius 1 is 1.16 bits per heavy atom. The van der Waals surface area contributed by atoms with Crippen molar-refractivity contribution in [2.45, 2.75) is 18.8 Å². The molecule has 1 aliphatic carbocycles. The number of nitrogens with zero attached hydrogens (tertiary/aromatic N) is 6. The van der Waals surface area contributed by atoms with E-state index in [0.717, 1.165) is 29.8 Å². The third-order valence-corrected chi connectivity index (χ3v) is 4.66. The van der Waals surface area contributed by atoms with Gasteiger partial charge in [0.2, 0.25) is 0 Å². The van der Waals surface area contributed by atoms with E-state index in [1.165, 1.54) is 12.1 Å². The van der Waals surface area contributed by atoms with Crippen molar-refractivity contribution in [3.63, 3.8) is 0 Å². The largest absolute Gasteiger partial charge is 0.332 e. The van der Waals surface area contributed by atoms with Crippen molar-refractivity contribution in [2.24, 2.45) is 0 Å². The molecule has 0 N–H and O–H groups in total. The van der Waals surface area contributed by atoms with Gasteiger partial charge in [0.25, 0.3) is 5.89 Å². The Balaban J connectivity index is 1.72. The fourth-order valence-corrected chi connectivity index (χ4v) is 3.31. The molecular formula is C17H11FN6O.